The zero-order valence-corrected chi connectivity index (χ0v) is 21.4. The van der Waals surface area contributed by atoms with E-state index in [0.29, 0.717) is 11.0 Å². The summed E-state index contributed by atoms with van der Waals surface area (Å²) < 4.78 is 0.689. The third-order valence-electron chi connectivity index (χ3n) is 5.38. The molecule has 29 heavy (non-hydrogen) atoms. The van der Waals surface area contributed by atoms with Gasteiger partial charge < -0.3 is 33.8 Å². The monoisotopic (exact) mass is 516 g/mol. The van der Waals surface area contributed by atoms with Gasteiger partial charge in [-0.1, -0.05) is 108 Å². The Morgan fingerprint density at radius 2 is 1.28 bits per heavy atom. The van der Waals surface area contributed by atoms with Crippen LogP contribution in [0.1, 0.15) is 89.5 Å². The van der Waals surface area contributed by atoms with Crippen molar-refractivity contribution in [3.8, 4) is 0 Å². The van der Waals surface area contributed by atoms with Gasteiger partial charge in [0.2, 0.25) is 0 Å². The predicted molar refractivity (Wildman–Crippen MR) is 121 cm³/mol. The lowest BCUT2D eigenvalue weighted by Crippen LogP contribution is -3.00. The number of hydrogen-bond acceptors (Lipinski definition) is 1. The number of amides is 1. The SMILES string of the molecule is CCCCCCCCCCCCCCNC(=O)C[N+](C)(C)Cc1ccccc1.[I-]. The van der Waals surface area contributed by atoms with Crippen molar-refractivity contribution in [2.75, 3.05) is 27.2 Å². The predicted octanol–water partition coefficient (Wildman–Crippen LogP) is 3.08. The highest BCUT2D eigenvalue weighted by Crippen LogP contribution is 2.12. The Hall–Kier alpha value is -0.620. The van der Waals surface area contributed by atoms with Crippen LogP contribution in [0.3, 0.4) is 0 Å². The Bertz CT molecular complexity index is 505. The van der Waals surface area contributed by atoms with E-state index in [1.807, 2.05) is 6.07 Å². The van der Waals surface area contributed by atoms with Crippen molar-refractivity contribution in [1.29, 1.82) is 0 Å². The maximum Gasteiger partial charge on any atom is 0.275 e. The number of unbranched alkanes of at least 4 members (excludes halogenated alkanes) is 11. The summed E-state index contributed by atoms with van der Waals surface area (Å²) >= 11 is 0. The Morgan fingerprint density at radius 3 is 1.79 bits per heavy atom. The van der Waals surface area contributed by atoms with Gasteiger partial charge in [0.15, 0.2) is 6.54 Å². The van der Waals surface area contributed by atoms with Gasteiger partial charge in [0.1, 0.15) is 6.54 Å². The largest absolute Gasteiger partial charge is 1.00 e. The lowest BCUT2D eigenvalue weighted by molar-refractivity contribution is -0.895. The van der Waals surface area contributed by atoms with Gasteiger partial charge in [0, 0.05) is 12.1 Å². The fourth-order valence-corrected chi connectivity index (χ4v) is 3.77. The van der Waals surface area contributed by atoms with Gasteiger partial charge in [-0.3, -0.25) is 4.79 Å². The van der Waals surface area contributed by atoms with Crippen LogP contribution in [-0.2, 0) is 11.3 Å². The molecule has 0 aliphatic rings. The van der Waals surface area contributed by atoms with E-state index in [-0.39, 0.29) is 29.9 Å². The van der Waals surface area contributed by atoms with E-state index in [1.165, 1.54) is 76.2 Å². The normalized spacial score (nSPS) is 11.1. The molecule has 3 nitrogen and oxygen atoms in total. The number of carbonyl (C=O) groups excluding carboxylic acids is 1. The second kappa shape index (κ2) is 18.2. The summed E-state index contributed by atoms with van der Waals surface area (Å²) in [5, 5.41) is 3.11. The fraction of sp³-hybridized carbons (Fsp3) is 0.720. The first-order chi connectivity index (χ1) is 13.5. The third kappa shape index (κ3) is 16.8. The molecular formula is C25H45IN2O. The number of carbonyl (C=O) groups is 1. The average molecular weight is 517 g/mol. The summed E-state index contributed by atoms with van der Waals surface area (Å²) in [6.45, 7) is 4.51. The van der Waals surface area contributed by atoms with Crippen LogP contribution in [0.5, 0.6) is 0 Å². The first-order valence-corrected chi connectivity index (χ1v) is 11.7. The molecule has 0 aliphatic carbocycles. The Balaban J connectivity index is 0.00000784. The minimum absolute atomic E-state index is 0. The molecule has 1 aromatic carbocycles. The minimum Gasteiger partial charge on any atom is -1.00 e. The second-order valence-electron chi connectivity index (χ2n) is 8.98. The molecule has 0 saturated heterocycles. The molecule has 4 heteroatoms. The maximum atomic E-state index is 12.2. The molecule has 1 rings (SSSR count). The van der Waals surface area contributed by atoms with E-state index in [2.05, 4.69) is 50.6 Å². The van der Waals surface area contributed by atoms with Crippen LogP contribution in [0.25, 0.3) is 0 Å². The number of rotatable bonds is 17. The zero-order chi connectivity index (χ0) is 20.5. The summed E-state index contributed by atoms with van der Waals surface area (Å²) in [6.07, 6.45) is 16.2. The molecule has 0 radical (unpaired) electrons. The van der Waals surface area contributed by atoms with Gasteiger partial charge in [0.25, 0.3) is 5.91 Å². The first-order valence-electron chi connectivity index (χ1n) is 11.7. The molecule has 0 fully saturated rings. The van der Waals surface area contributed by atoms with Crippen LogP contribution in [-0.4, -0.2) is 37.6 Å². The van der Waals surface area contributed by atoms with Gasteiger partial charge in [-0.05, 0) is 6.42 Å². The molecule has 168 valence electrons. The number of nitrogens with one attached hydrogen (secondary N) is 1. The van der Waals surface area contributed by atoms with Crippen LogP contribution >= 0.6 is 0 Å². The summed E-state index contributed by atoms with van der Waals surface area (Å²) in [5.41, 5.74) is 1.28. The van der Waals surface area contributed by atoms with Crippen molar-refractivity contribution in [2.24, 2.45) is 0 Å². The zero-order valence-electron chi connectivity index (χ0n) is 19.2. The number of benzene rings is 1. The van der Waals surface area contributed by atoms with E-state index >= 15 is 0 Å². The molecular weight excluding hydrogens is 471 g/mol. The van der Waals surface area contributed by atoms with Gasteiger partial charge in [-0.2, -0.15) is 0 Å². The molecule has 1 N–H and O–H groups in total. The van der Waals surface area contributed by atoms with Gasteiger partial charge in [-0.15, -0.1) is 0 Å². The number of nitrogens with zero attached hydrogens (tertiary/aromatic N) is 1. The summed E-state index contributed by atoms with van der Waals surface area (Å²) in [5.74, 6) is 0.170. The smallest absolute Gasteiger partial charge is 0.275 e. The summed E-state index contributed by atoms with van der Waals surface area (Å²) in [7, 11) is 4.24. The number of likely N-dealkylation sites (N-methyl/N-ethyl adjacent to an activating group) is 1. The van der Waals surface area contributed by atoms with Crippen LogP contribution < -0.4 is 29.3 Å². The number of halogens is 1. The lowest BCUT2D eigenvalue weighted by Gasteiger charge is -2.29. The van der Waals surface area contributed by atoms with Crippen LogP contribution in [0.15, 0.2) is 30.3 Å². The molecule has 0 spiro atoms. The molecule has 1 amide bonds. The minimum atomic E-state index is 0. The van der Waals surface area contributed by atoms with E-state index in [1.54, 1.807) is 0 Å². The Morgan fingerprint density at radius 1 is 0.793 bits per heavy atom. The molecule has 0 aromatic heterocycles. The van der Waals surface area contributed by atoms with Gasteiger partial charge >= 0.3 is 0 Å². The molecule has 1 aromatic rings. The highest BCUT2D eigenvalue weighted by Gasteiger charge is 2.20. The van der Waals surface area contributed by atoms with Crippen LogP contribution in [0.4, 0.5) is 0 Å². The van der Waals surface area contributed by atoms with Crippen LogP contribution in [0, 0.1) is 0 Å². The first kappa shape index (κ1) is 28.4. The van der Waals surface area contributed by atoms with E-state index in [9.17, 15) is 4.79 Å². The molecule has 0 unspecified atom stereocenters. The molecule has 0 heterocycles. The van der Waals surface area contributed by atoms with Crippen molar-refractivity contribution in [3.05, 3.63) is 35.9 Å². The van der Waals surface area contributed by atoms with Crippen molar-refractivity contribution in [3.63, 3.8) is 0 Å². The van der Waals surface area contributed by atoms with Crippen molar-refractivity contribution in [1.82, 2.24) is 5.32 Å². The van der Waals surface area contributed by atoms with E-state index < -0.39 is 0 Å². The fourth-order valence-electron chi connectivity index (χ4n) is 3.77. The van der Waals surface area contributed by atoms with Crippen molar-refractivity contribution >= 4 is 5.91 Å². The van der Waals surface area contributed by atoms with E-state index in [0.717, 1.165) is 19.5 Å². The maximum absolute atomic E-state index is 12.2. The topological polar surface area (TPSA) is 29.1 Å². The number of hydrogen-bond donors (Lipinski definition) is 1. The van der Waals surface area contributed by atoms with Crippen molar-refractivity contribution in [2.45, 2.75) is 90.5 Å². The molecule has 0 saturated carbocycles. The highest BCUT2D eigenvalue weighted by molar-refractivity contribution is 5.77. The number of quaternary nitrogens is 1. The van der Waals surface area contributed by atoms with Crippen molar-refractivity contribution < 1.29 is 33.3 Å². The molecule has 0 atom stereocenters. The lowest BCUT2D eigenvalue weighted by atomic mass is 10.1. The summed E-state index contributed by atoms with van der Waals surface area (Å²) in [4.78, 5) is 12.2. The third-order valence-corrected chi connectivity index (χ3v) is 5.38. The van der Waals surface area contributed by atoms with Gasteiger partial charge in [-0.25, -0.2) is 0 Å². The van der Waals surface area contributed by atoms with Gasteiger partial charge in [0.05, 0.1) is 14.1 Å². The Labute approximate surface area is 197 Å². The molecule has 0 aliphatic heterocycles. The standard InChI is InChI=1S/C25H44N2O.HI/c1-4-5-6-7-8-9-10-11-12-13-14-18-21-26-25(28)23-27(2,3)22-24-19-16-15-17-20-24;/h15-17,19-20H,4-14,18,21-23H2,1-3H3;1H. The summed E-state index contributed by atoms with van der Waals surface area (Å²) in [6, 6.07) is 10.4. The Kier molecular flexibility index (Phi) is 17.8. The van der Waals surface area contributed by atoms with Crippen LogP contribution in [0.2, 0.25) is 0 Å². The average Bonchev–Trinajstić information content (AvgIpc) is 2.65. The quantitative estimate of drug-likeness (QED) is 0.193. The molecule has 0 bridgehead atoms. The van der Waals surface area contributed by atoms with E-state index in [4.69, 9.17) is 0 Å². The second-order valence-corrected chi connectivity index (χ2v) is 8.98. The highest BCUT2D eigenvalue weighted by atomic mass is 127.